The molecule has 1 fully saturated rings. The van der Waals surface area contributed by atoms with Crippen molar-refractivity contribution in [2.45, 2.75) is 63.0 Å². The van der Waals surface area contributed by atoms with Crippen LogP contribution in [0.2, 0.25) is 10.0 Å². The Morgan fingerprint density at radius 3 is 2.47 bits per heavy atom. The molecular weight excluding hydrogens is 469 g/mol. The van der Waals surface area contributed by atoms with Crippen LogP contribution < -0.4 is 0 Å². The van der Waals surface area contributed by atoms with Crippen LogP contribution in [-0.4, -0.2) is 45.8 Å². The molecule has 0 bridgehead atoms. The topological polar surface area (TPSA) is 60.8 Å². The van der Waals surface area contributed by atoms with E-state index in [1.165, 1.54) is 0 Å². The lowest BCUT2D eigenvalue weighted by Gasteiger charge is -2.52. The average molecular weight is 504 g/mol. The zero-order valence-corrected chi connectivity index (χ0v) is 21.5. The van der Waals surface area contributed by atoms with Crippen LogP contribution >= 0.6 is 23.2 Å². The third kappa shape index (κ3) is 5.36. The molecule has 5 atom stereocenters. The van der Waals surface area contributed by atoms with Gasteiger partial charge in [-0.05, 0) is 61.1 Å². The summed E-state index contributed by atoms with van der Waals surface area (Å²) in [6.07, 6.45) is 3.54. The second kappa shape index (κ2) is 11.7. The zero-order valence-electron chi connectivity index (χ0n) is 20.0. The molecule has 1 aliphatic heterocycles. The van der Waals surface area contributed by atoms with E-state index < -0.39 is 23.5 Å². The molecule has 1 heterocycles. The summed E-state index contributed by atoms with van der Waals surface area (Å²) < 4.78 is 0. The highest BCUT2D eigenvalue weighted by Crippen LogP contribution is 2.45. The number of rotatable bonds is 10. The van der Waals surface area contributed by atoms with Gasteiger partial charge in [0, 0.05) is 34.3 Å². The molecule has 34 heavy (non-hydrogen) atoms. The van der Waals surface area contributed by atoms with E-state index in [1.807, 2.05) is 49.1 Å². The molecule has 2 aromatic rings. The van der Waals surface area contributed by atoms with Gasteiger partial charge >= 0.3 is 0 Å². The molecule has 0 radical (unpaired) electrons. The van der Waals surface area contributed by atoms with Gasteiger partial charge in [-0.2, -0.15) is 0 Å². The van der Waals surface area contributed by atoms with Crippen molar-refractivity contribution in [2.75, 3.05) is 13.2 Å². The Kier molecular flexibility index (Phi) is 9.22. The monoisotopic (exact) mass is 503 g/mol. The van der Waals surface area contributed by atoms with Crippen LogP contribution in [0.4, 0.5) is 0 Å². The predicted octanol–water partition coefficient (Wildman–Crippen LogP) is 6.20. The fraction of sp³-hybridized carbons (Fsp3) is 0.464. The van der Waals surface area contributed by atoms with Gasteiger partial charge in [-0.25, -0.2) is 0 Å². The van der Waals surface area contributed by atoms with Crippen molar-refractivity contribution in [3.63, 3.8) is 0 Å². The standard InChI is InChI=1S/C28H35Cl2NO3/c1-4-15-28(5-2,31-16-7-8-19(3)27(31)34)26(33)25(21-9-6-10-23(30)17-21)24(18-32)20-11-13-22(29)14-12-20/h4,6,9-14,17,19,24-26,32-33H,1,5,7-8,15-16,18H2,2-3H3/t19?,24-,25+,26?,28+/m1/s1. The lowest BCUT2D eigenvalue weighted by Crippen LogP contribution is -2.63. The van der Waals surface area contributed by atoms with E-state index in [4.69, 9.17) is 23.2 Å². The maximum atomic E-state index is 13.4. The number of likely N-dealkylation sites (tertiary alicyclic amines) is 1. The largest absolute Gasteiger partial charge is 0.396 e. The molecule has 2 unspecified atom stereocenters. The van der Waals surface area contributed by atoms with Gasteiger partial charge in [-0.15, -0.1) is 6.58 Å². The third-order valence-electron chi connectivity index (χ3n) is 7.41. The Morgan fingerprint density at radius 1 is 1.18 bits per heavy atom. The highest BCUT2D eigenvalue weighted by molar-refractivity contribution is 6.30. The van der Waals surface area contributed by atoms with Gasteiger partial charge in [-0.1, -0.05) is 67.4 Å². The van der Waals surface area contributed by atoms with Crippen LogP contribution in [-0.2, 0) is 4.79 Å². The van der Waals surface area contributed by atoms with Crippen molar-refractivity contribution in [1.29, 1.82) is 0 Å². The minimum atomic E-state index is -0.976. The van der Waals surface area contributed by atoms with E-state index in [0.717, 1.165) is 24.0 Å². The summed E-state index contributed by atoms with van der Waals surface area (Å²) in [4.78, 5) is 15.2. The molecule has 4 nitrogen and oxygen atoms in total. The van der Waals surface area contributed by atoms with Gasteiger partial charge in [0.05, 0.1) is 18.2 Å². The molecule has 184 valence electrons. The first-order valence-electron chi connectivity index (χ1n) is 12.0. The SMILES string of the molecule is C=CC[C@@](CC)(C(O)[C@@H](c1cccc(Cl)c1)[C@H](CO)c1ccc(Cl)cc1)N1CCCC(C)C1=O. The van der Waals surface area contributed by atoms with Crippen LogP contribution in [0.25, 0.3) is 0 Å². The number of carbonyl (C=O) groups excluding carboxylic acids is 1. The van der Waals surface area contributed by atoms with Crippen LogP contribution in [0.1, 0.15) is 62.5 Å². The van der Waals surface area contributed by atoms with Crippen molar-refractivity contribution in [2.24, 2.45) is 5.92 Å². The van der Waals surface area contributed by atoms with Crippen LogP contribution in [0.3, 0.4) is 0 Å². The van der Waals surface area contributed by atoms with E-state index in [2.05, 4.69) is 6.58 Å². The van der Waals surface area contributed by atoms with Crippen molar-refractivity contribution < 1.29 is 15.0 Å². The number of nitrogens with zero attached hydrogens (tertiary/aromatic N) is 1. The molecule has 0 aromatic heterocycles. The molecule has 1 aliphatic rings. The van der Waals surface area contributed by atoms with Crippen LogP contribution in [0.5, 0.6) is 0 Å². The van der Waals surface area contributed by atoms with Crippen molar-refractivity contribution >= 4 is 29.1 Å². The first-order valence-corrected chi connectivity index (χ1v) is 12.8. The van der Waals surface area contributed by atoms with Crippen molar-refractivity contribution in [3.8, 4) is 0 Å². The average Bonchev–Trinajstić information content (AvgIpc) is 2.83. The summed E-state index contributed by atoms with van der Waals surface area (Å²) >= 11 is 12.5. The number of hydrogen-bond donors (Lipinski definition) is 2. The second-order valence-electron chi connectivity index (χ2n) is 9.35. The maximum absolute atomic E-state index is 13.4. The van der Waals surface area contributed by atoms with E-state index in [9.17, 15) is 15.0 Å². The first-order chi connectivity index (χ1) is 16.3. The lowest BCUT2D eigenvalue weighted by molar-refractivity contribution is -0.153. The van der Waals surface area contributed by atoms with Crippen LogP contribution in [0, 0.1) is 5.92 Å². The van der Waals surface area contributed by atoms with Gasteiger partial charge in [0.15, 0.2) is 0 Å². The summed E-state index contributed by atoms with van der Waals surface area (Å²) in [6.45, 7) is 8.32. The molecule has 0 aliphatic carbocycles. The minimum Gasteiger partial charge on any atom is -0.396 e. The van der Waals surface area contributed by atoms with E-state index in [-0.39, 0.29) is 18.4 Å². The molecule has 1 amide bonds. The Morgan fingerprint density at radius 2 is 1.88 bits per heavy atom. The van der Waals surface area contributed by atoms with Gasteiger partial charge in [0.25, 0.3) is 0 Å². The van der Waals surface area contributed by atoms with Gasteiger partial charge in [0.2, 0.25) is 5.91 Å². The number of piperidine rings is 1. The number of carbonyl (C=O) groups is 1. The zero-order chi connectivity index (χ0) is 24.9. The predicted molar refractivity (Wildman–Crippen MR) is 139 cm³/mol. The van der Waals surface area contributed by atoms with Crippen molar-refractivity contribution in [1.82, 2.24) is 4.90 Å². The van der Waals surface area contributed by atoms with Gasteiger partial charge in [-0.3, -0.25) is 4.79 Å². The quantitative estimate of drug-likeness (QED) is 0.379. The third-order valence-corrected chi connectivity index (χ3v) is 7.89. The summed E-state index contributed by atoms with van der Waals surface area (Å²) in [5.74, 6) is -0.981. The molecule has 2 aromatic carbocycles. The van der Waals surface area contributed by atoms with Gasteiger partial charge < -0.3 is 15.1 Å². The summed E-state index contributed by atoms with van der Waals surface area (Å²) in [5.41, 5.74) is 0.812. The summed E-state index contributed by atoms with van der Waals surface area (Å²) in [5, 5.41) is 24.0. The van der Waals surface area contributed by atoms with E-state index in [0.29, 0.717) is 29.4 Å². The fourth-order valence-electron chi connectivity index (χ4n) is 5.50. The minimum absolute atomic E-state index is 0.0610. The molecule has 2 N–H and O–H groups in total. The molecule has 0 spiro atoms. The molecule has 3 rings (SSSR count). The Labute approximate surface area is 213 Å². The molecule has 1 saturated heterocycles. The summed E-state index contributed by atoms with van der Waals surface area (Å²) in [6, 6.07) is 14.7. The number of hydrogen-bond acceptors (Lipinski definition) is 3. The molecule has 0 saturated carbocycles. The number of aliphatic hydroxyl groups is 2. The second-order valence-corrected chi connectivity index (χ2v) is 10.2. The Hall–Kier alpha value is -1.85. The van der Waals surface area contributed by atoms with E-state index >= 15 is 0 Å². The molecule has 6 heteroatoms. The fourth-order valence-corrected chi connectivity index (χ4v) is 5.83. The highest BCUT2D eigenvalue weighted by atomic mass is 35.5. The number of halogens is 2. The highest BCUT2D eigenvalue weighted by Gasteiger charge is 2.50. The van der Waals surface area contributed by atoms with Crippen LogP contribution in [0.15, 0.2) is 61.2 Å². The van der Waals surface area contributed by atoms with Gasteiger partial charge in [0.1, 0.15) is 0 Å². The smallest absolute Gasteiger partial charge is 0.225 e. The normalized spacial score (nSPS) is 20.9. The Balaban J connectivity index is 2.18. The summed E-state index contributed by atoms with van der Waals surface area (Å²) in [7, 11) is 0. The lowest BCUT2D eigenvalue weighted by atomic mass is 9.69. The van der Waals surface area contributed by atoms with E-state index in [1.54, 1.807) is 24.3 Å². The maximum Gasteiger partial charge on any atom is 0.225 e. The Bertz CT molecular complexity index is 980. The number of aliphatic hydroxyl groups excluding tert-OH is 2. The first kappa shape index (κ1) is 26.7. The van der Waals surface area contributed by atoms with Crippen molar-refractivity contribution in [3.05, 3.63) is 82.4 Å². The number of benzene rings is 2. The number of amides is 1. The molecular formula is C28H35Cl2NO3.